The van der Waals surface area contributed by atoms with Gasteiger partial charge in [0, 0.05) is 6.54 Å². The van der Waals surface area contributed by atoms with Crippen molar-refractivity contribution in [3.63, 3.8) is 0 Å². The molecule has 1 aliphatic rings. The van der Waals surface area contributed by atoms with Gasteiger partial charge in [-0.25, -0.2) is 0 Å². The molecule has 0 radical (unpaired) electrons. The highest BCUT2D eigenvalue weighted by atomic mass is 16.3. The van der Waals surface area contributed by atoms with Crippen LogP contribution >= 0.6 is 0 Å². The maximum absolute atomic E-state index is 10.1. The van der Waals surface area contributed by atoms with E-state index in [4.69, 9.17) is 0 Å². The predicted molar refractivity (Wildman–Crippen MR) is 84.8 cm³/mol. The zero-order valence-electron chi connectivity index (χ0n) is 13.4. The first kappa shape index (κ1) is 15.5. The van der Waals surface area contributed by atoms with Crippen LogP contribution in [-0.4, -0.2) is 28.7 Å². The molecule has 0 aromatic heterocycles. The Bertz CT molecular complexity index is 408. The summed E-state index contributed by atoms with van der Waals surface area (Å²) in [5.41, 5.74) is 2.29. The van der Waals surface area contributed by atoms with Crippen LogP contribution in [-0.2, 0) is 6.54 Å². The fourth-order valence-corrected chi connectivity index (χ4v) is 3.06. The Labute approximate surface area is 123 Å². The second-order valence-corrected chi connectivity index (χ2v) is 7.10. The van der Waals surface area contributed by atoms with Crippen LogP contribution in [0.15, 0.2) is 24.3 Å². The first-order chi connectivity index (χ1) is 9.36. The fraction of sp³-hybridized carbons (Fsp3) is 0.667. The zero-order chi connectivity index (χ0) is 14.8. The summed E-state index contributed by atoms with van der Waals surface area (Å²) in [6.07, 6.45) is 2.21. The number of rotatable bonds is 4. The summed E-state index contributed by atoms with van der Waals surface area (Å²) in [4.78, 5) is 2.51. The molecule has 1 fully saturated rings. The van der Waals surface area contributed by atoms with E-state index < -0.39 is 5.60 Å². The van der Waals surface area contributed by atoms with Gasteiger partial charge in [0.05, 0.1) is 5.60 Å². The van der Waals surface area contributed by atoms with Gasteiger partial charge in [0.2, 0.25) is 0 Å². The van der Waals surface area contributed by atoms with E-state index in [1.54, 1.807) is 0 Å². The van der Waals surface area contributed by atoms with Crippen LogP contribution in [0.1, 0.15) is 57.6 Å². The van der Waals surface area contributed by atoms with Crippen molar-refractivity contribution >= 4 is 0 Å². The summed E-state index contributed by atoms with van der Waals surface area (Å²) < 4.78 is 0. The maximum Gasteiger partial charge on any atom is 0.0620 e. The van der Waals surface area contributed by atoms with E-state index in [0.717, 1.165) is 32.5 Å². The number of benzene rings is 1. The lowest BCUT2D eigenvalue weighted by atomic mass is 9.83. The average Bonchev–Trinajstić information content (AvgIpc) is 2.39. The molecule has 0 atom stereocenters. The highest BCUT2D eigenvalue weighted by Gasteiger charge is 2.30. The molecule has 2 rings (SSSR count). The molecule has 1 heterocycles. The van der Waals surface area contributed by atoms with Crippen molar-refractivity contribution in [2.24, 2.45) is 5.92 Å². The lowest BCUT2D eigenvalue weighted by Crippen LogP contribution is -2.41. The summed E-state index contributed by atoms with van der Waals surface area (Å²) >= 11 is 0. The molecule has 2 nitrogen and oxygen atoms in total. The van der Waals surface area contributed by atoms with E-state index in [1.807, 2.05) is 13.8 Å². The molecule has 0 saturated carbocycles. The molecule has 0 spiro atoms. The van der Waals surface area contributed by atoms with E-state index in [-0.39, 0.29) is 0 Å². The molecule has 20 heavy (non-hydrogen) atoms. The average molecular weight is 275 g/mol. The van der Waals surface area contributed by atoms with Gasteiger partial charge < -0.3 is 5.11 Å². The Morgan fingerprint density at radius 3 is 2.15 bits per heavy atom. The van der Waals surface area contributed by atoms with Crippen LogP contribution in [0.25, 0.3) is 0 Å². The van der Waals surface area contributed by atoms with E-state index in [9.17, 15) is 5.11 Å². The van der Waals surface area contributed by atoms with Crippen molar-refractivity contribution < 1.29 is 5.11 Å². The largest absolute Gasteiger partial charge is 0.390 e. The van der Waals surface area contributed by atoms with Crippen LogP contribution in [0.5, 0.6) is 0 Å². The van der Waals surface area contributed by atoms with Crippen LogP contribution in [0.3, 0.4) is 0 Å². The minimum absolute atomic E-state index is 0.446. The fourth-order valence-electron chi connectivity index (χ4n) is 3.06. The maximum atomic E-state index is 10.1. The predicted octanol–water partition coefficient (Wildman–Crippen LogP) is 3.79. The molecule has 112 valence electrons. The van der Waals surface area contributed by atoms with Gasteiger partial charge in [-0.05, 0) is 62.7 Å². The van der Waals surface area contributed by atoms with Crippen LogP contribution in [0.2, 0.25) is 0 Å². The lowest BCUT2D eigenvalue weighted by Gasteiger charge is -2.37. The van der Waals surface area contributed by atoms with Crippen LogP contribution in [0, 0.1) is 5.92 Å². The van der Waals surface area contributed by atoms with Crippen molar-refractivity contribution in [2.45, 2.75) is 58.6 Å². The Balaban J connectivity index is 1.86. The minimum Gasteiger partial charge on any atom is -0.390 e. The molecular weight excluding hydrogens is 246 g/mol. The quantitative estimate of drug-likeness (QED) is 0.903. The highest BCUT2D eigenvalue weighted by Crippen LogP contribution is 2.28. The van der Waals surface area contributed by atoms with Gasteiger partial charge in [0.1, 0.15) is 0 Å². The van der Waals surface area contributed by atoms with Crippen molar-refractivity contribution in [2.75, 3.05) is 13.1 Å². The van der Waals surface area contributed by atoms with Gasteiger partial charge in [-0.3, -0.25) is 4.90 Å². The van der Waals surface area contributed by atoms with E-state index in [1.165, 1.54) is 11.1 Å². The highest BCUT2D eigenvalue weighted by molar-refractivity contribution is 5.24. The Morgan fingerprint density at radius 2 is 1.70 bits per heavy atom. The summed E-state index contributed by atoms with van der Waals surface area (Å²) in [6, 6.07) is 9.03. The van der Waals surface area contributed by atoms with Gasteiger partial charge in [-0.1, -0.05) is 38.1 Å². The normalized spacial score (nSPS) is 18.7. The molecule has 2 heteroatoms. The summed E-state index contributed by atoms with van der Waals surface area (Å²) in [5.74, 6) is 1.05. The summed E-state index contributed by atoms with van der Waals surface area (Å²) in [7, 11) is 0. The first-order valence-corrected chi connectivity index (χ1v) is 7.90. The number of nitrogens with zero attached hydrogens (tertiary/aromatic N) is 1. The van der Waals surface area contributed by atoms with E-state index in [2.05, 4.69) is 43.0 Å². The molecule has 0 bridgehead atoms. The number of piperidine rings is 1. The van der Waals surface area contributed by atoms with Crippen LogP contribution < -0.4 is 0 Å². The molecule has 0 amide bonds. The third kappa shape index (κ3) is 4.07. The molecule has 1 aromatic rings. The van der Waals surface area contributed by atoms with Crippen molar-refractivity contribution in [3.8, 4) is 0 Å². The SMILES string of the molecule is CC(C)c1ccc(CN2CCC(C(C)(C)O)CC2)cc1. The number of hydrogen-bond acceptors (Lipinski definition) is 2. The van der Waals surface area contributed by atoms with Gasteiger partial charge in [-0.2, -0.15) is 0 Å². The standard InChI is InChI=1S/C18H29NO/c1-14(2)16-7-5-15(6-8-16)13-19-11-9-17(10-12-19)18(3,4)20/h5-8,14,17,20H,9-13H2,1-4H3. The van der Waals surface area contributed by atoms with Gasteiger partial charge in [0.15, 0.2) is 0 Å². The zero-order valence-corrected chi connectivity index (χ0v) is 13.4. The third-order valence-corrected chi connectivity index (χ3v) is 4.64. The number of likely N-dealkylation sites (tertiary alicyclic amines) is 1. The summed E-state index contributed by atoms with van der Waals surface area (Å²) in [5, 5.41) is 10.1. The minimum atomic E-state index is -0.523. The molecule has 0 unspecified atom stereocenters. The lowest BCUT2D eigenvalue weighted by molar-refractivity contribution is -0.0136. The van der Waals surface area contributed by atoms with Gasteiger partial charge in [-0.15, -0.1) is 0 Å². The smallest absolute Gasteiger partial charge is 0.0620 e. The molecule has 1 saturated heterocycles. The monoisotopic (exact) mass is 275 g/mol. The van der Waals surface area contributed by atoms with Crippen molar-refractivity contribution in [1.82, 2.24) is 4.90 Å². The molecule has 1 N–H and O–H groups in total. The second kappa shape index (κ2) is 6.28. The number of aliphatic hydroxyl groups is 1. The van der Waals surface area contributed by atoms with Gasteiger partial charge in [0.25, 0.3) is 0 Å². The first-order valence-electron chi connectivity index (χ1n) is 7.90. The number of hydrogen-bond donors (Lipinski definition) is 1. The van der Waals surface area contributed by atoms with E-state index in [0.29, 0.717) is 11.8 Å². The topological polar surface area (TPSA) is 23.5 Å². The third-order valence-electron chi connectivity index (χ3n) is 4.64. The molecule has 0 aliphatic carbocycles. The Kier molecular flexibility index (Phi) is 4.87. The Morgan fingerprint density at radius 1 is 1.15 bits per heavy atom. The molecule has 1 aliphatic heterocycles. The summed E-state index contributed by atoms with van der Waals surface area (Å²) in [6.45, 7) is 11.6. The molecule has 1 aromatic carbocycles. The second-order valence-electron chi connectivity index (χ2n) is 7.10. The van der Waals surface area contributed by atoms with Crippen molar-refractivity contribution in [3.05, 3.63) is 35.4 Å². The Hall–Kier alpha value is -0.860. The molecular formula is C18H29NO. The van der Waals surface area contributed by atoms with E-state index >= 15 is 0 Å². The van der Waals surface area contributed by atoms with Gasteiger partial charge >= 0.3 is 0 Å². The van der Waals surface area contributed by atoms with Crippen molar-refractivity contribution in [1.29, 1.82) is 0 Å². The van der Waals surface area contributed by atoms with Crippen LogP contribution in [0.4, 0.5) is 0 Å².